The van der Waals surface area contributed by atoms with Crippen LogP contribution in [-0.2, 0) is 11.3 Å². The highest BCUT2D eigenvalue weighted by Gasteiger charge is 2.00. The molecule has 88 valence electrons. The normalized spacial score (nSPS) is 10.1. The Kier molecular flexibility index (Phi) is 5.96. The molecule has 0 spiro atoms. The van der Waals surface area contributed by atoms with Gasteiger partial charge in [-0.1, -0.05) is 22.5 Å². The van der Waals surface area contributed by atoms with Gasteiger partial charge in [0.1, 0.15) is 5.75 Å². The highest BCUT2D eigenvalue weighted by molar-refractivity contribution is 9.10. The molecule has 2 N–H and O–H groups in total. The molecule has 0 aliphatic rings. The van der Waals surface area contributed by atoms with Crippen LogP contribution in [0.3, 0.4) is 0 Å². The van der Waals surface area contributed by atoms with E-state index in [4.69, 9.17) is 4.74 Å². The summed E-state index contributed by atoms with van der Waals surface area (Å²) in [7, 11) is 0. The van der Waals surface area contributed by atoms with Gasteiger partial charge in [-0.25, -0.2) is 0 Å². The minimum absolute atomic E-state index is 0.318. The van der Waals surface area contributed by atoms with Crippen molar-refractivity contribution in [3.05, 3.63) is 41.1 Å². The lowest BCUT2D eigenvalue weighted by molar-refractivity contribution is 0.244. The molecule has 0 bridgehead atoms. The minimum Gasteiger partial charge on any atom is -0.508 e. The van der Waals surface area contributed by atoms with Crippen molar-refractivity contribution >= 4 is 15.9 Å². The van der Waals surface area contributed by atoms with Crippen molar-refractivity contribution in [3.63, 3.8) is 0 Å². The van der Waals surface area contributed by atoms with E-state index in [-0.39, 0.29) is 0 Å². The lowest BCUT2D eigenvalue weighted by Crippen LogP contribution is -2.16. The summed E-state index contributed by atoms with van der Waals surface area (Å²) in [5, 5.41) is 12.8. The first-order chi connectivity index (χ1) is 7.74. The number of rotatable bonds is 7. The maximum Gasteiger partial charge on any atom is 0.120 e. The Morgan fingerprint density at radius 2 is 2.31 bits per heavy atom. The predicted octanol–water partition coefficient (Wildman–Crippen LogP) is 2.79. The van der Waals surface area contributed by atoms with E-state index in [1.54, 1.807) is 6.07 Å². The Balaban J connectivity index is 2.26. The third-order valence-electron chi connectivity index (χ3n) is 2.09. The molecule has 0 unspecified atom stereocenters. The second kappa shape index (κ2) is 7.30. The highest BCUT2D eigenvalue weighted by Crippen LogP contribution is 2.21. The van der Waals surface area contributed by atoms with Gasteiger partial charge in [0.25, 0.3) is 0 Å². The van der Waals surface area contributed by atoms with Gasteiger partial charge in [0.05, 0.1) is 12.9 Å². The van der Waals surface area contributed by atoms with E-state index in [0.29, 0.717) is 18.9 Å². The molecule has 1 rings (SSSR count). The average molecular weight is 286 g/mol. The third-order valence-corrected chi connectivity index (χ3v) is 2.58. The molecule has 1 aromatic carbocycles. The molecule has 0 heterocycles. The molecule has 0 amide bonds. The zero-order chi connectivity index (χ0) is 11.8. The molecule has 1 aromatic rings. The zero-order valence-electron chi connectivity index (χ0n) is 9.08. The Labute approximate surface area is 104 Å². The van der Waals surface area contributed by atoms with Gasteiger partial charge in [0.2, 0.25) is 0 Å². The van der Waals surface area contributed by atoms with Crippen molar-refractivity contribution in [2.45, 2.75) is 13.0 Å². The maximum atomic E-state index is 9.58. The number of ether oxygens (including phenoxy) is 1. The van der Waals surface area contributed by atoms with Gasteiger partial charge in [-0.3, -0.25) is 0 Å². The van der Waals surface area contributed by atoms with Crippen LogP contribution in [0.2, 0.25) is 0 Å². The number of nitrogens with one attached hydrogen (secondary N) is 1. The molecule has 0 saturated carbocycles. The first-order valence-electron chi connectivity index (χ1n) is 5.14. The molecule has 0 radical (unpaired) electrons. The van der Waals surface area contributed by atoms with Crippen LogP contribution < -0.4 is 5.32 Å². The molecule has 0 aliphatic heterocycles. The van der Waals surface area contributed by atoms with Gasteiger partial charge < -0.3 is 15.2 Å². The second-order valence-electron chi connectivity index (χ2n) is 3.34. The largest absolute Gasteiger partial charge is 0.508 e. The van der Waals surface area contributed by atoms with E-state index in [9.17, 15) is 5.11 Å². The van der Waals surface area contributed by atoms with Gasteiger partial charge in [-0.15, -0.1) is 0 Å². The zero-order valence-corrected chi connectivity index (χ0v) is 10.7. The van der Waals surface area contributed by atoms with E-state index in [2.05, 4.69) is 27.8 Å². The summed E-state index contributed by atoms with van der Waals surface area (Å²) in [5.74, 6) is 0.318. The number of hydrogen-bond donors (Lipinski definition) is 2. The summed E-state index contributed by atoms with van der Waals surface area (Å²) < 4.78 is 5.97. The Hall–Kier alpha value is -1.00. The monoisotopic (exact) mass is 285 g/mol. The first-order valence-corrected chi connectivity index (χ1v) is 5.94. The van der Waals surface area contributed by atoms with E-state index < -0.39 is 0 Å². The van der Waals surface area contributed by atoms with Crippen LogP contribution >= 0.6 is 15.9 Å². The van der Waals surface area contributed by atoms with Crippen LogP contribution in [0.25, 0.3) is 0 Å². The molecule has 0 aliphatic carbocycles. The number of aromatic hydroxyl groups is 1. The summed E-state index contributed by atoms with van der Waals surface area (Å²) in [6, 6.07) is 5.40. The summed E-state index contributed by atoms with van der Waals surface area (Å²) in [6.45, 7) is 5.63. The SMILES string of the molecule is C=COCCCNCc1cc(Br)ccc1O. The van der Waals surface area contributed by atoms with Crippen LogP contribution in [-0.4, -0.2) is 18.3 Å². The number of hydrogen-bond acceptors (Lipinski definition) is 3. The Bertz CT molecular complexity index is 342. The molecule has 16 heavy (non-hydrogen) atoms. The topological polar surface area (TPSA) is 41.5 Å². The van der Waals surface area contributed by atoms with Crippen LogP contribution in [0.15, 0.2) is 35.5 Å². The van der Waals surface area contributed by atoms with Crippen LogP contribution in [0.5, 0.6) is 5.75 Å². The lowest BCUT2D eigenvalue weighted by atomic mass is 10.2. The fourth-order valence-electron chi connectivity index (χ4n) is 1.28. The van der Waals surface area contributed by atoms with E-state index >= 15 is 0 Å². The van der Waals surface area contributed by atoms with Crippen LogP contribution in [0.1, 0.15) is 12.0 Å². The Morgan fingerprint density at radius 3 is 3.06 bits per heavy atom. The number of phenols is 1. The van der Waals surface area contributed by atoms with Crippen molar-refractivity contribution in [2.24, 2.45) is 0 Å². The van der Waals surface area contributed by atoms with Crippen molar-refractivity contribution in [1.29, 1.82) is 0 Å². The fraction of sp³-hybridized carbons (Fsp3) is 0.333. The minimum atomic E-state index is 0.318. The third kappa shape index (κ3) is 4.68. The van der Waals surface area contributed by atoms with Gasteiger partial charge in [0.15, 0.2) is 0 Å². The summed E-state index contributed by atoms with van der Waals surface area (Å²) in [4.78, 5) is 0. The molecule has 4 heteroatoms. The lowest BCUT2D eigenvalue weighted by Gasteiger charge is -2.07. The molecule has 0 aromatic heterocycles. The van der Waals surface area contributed by atoms with Gasteiger partial charge >= 0.3 is 0 Å². The van der Waals surface area contributed by atoms with Gasteiger partial charge in [-0.2, -0.15) is 0 Å². The molecule has 0 atom stereocenters. The fourth-order valence-corrected chi connectivity index (χ4v) is 1.69. The molecule has 0 fully saturated rings. The second-order valence-corrected chi connectivity index (χ2v) is 4.26. The van der Waals surface area contributed by atoms with E-state index in [1.807, 2.05) is 12.1 Å². The summed E-state index contributed by atoms with van der Waals surface area (Å²) in [5.41, 5.74) is 0.888. The van der Waals surface area contributed by atoms with Crippen molar-refractivity contribution < 1.29 is 9.84 Å². The molecule has 0 saturated heterocycles. The molecular weight excluding hydrogens is 270 g/mol. The number of benzene rings is 1. The Morgan fingerprint density at radius 1 is 1.50 bits per heavy atom. The van der Waals surface area contributed by atoms with Crippen molar-refractivity contribution in [2.75, 3.05) is 13.2 Å². The molecule has 3 nitrogen and oxygen atoms in total. The molecular formula is C12H16BrNO2. The van der Waals surface area contributed by atoms with E-state index in [1.165, 1.54) is 6.26 Å². The van der Waals surface area contributed by atoms with Crippen LogP contribution in [0.4, 0.5) is 0 Å². The maximum absolute atomic E-state index is 9.58. The number of halogens is 1. The smallest absolute Gasteiger partial charge is 0.120 e. The standard InChI is InChI=1S/C12H16BrNO2/c1-2-16-7-3-6-14-9-10-8-11(13)4-5-12(10)15/h2,4-5,8,14-15H,1,3,6-7,9H2. The van der Waals surface area contributed by atoms with Crippen LogP contribution in [0, 0.1) is 0 Å². The summed E-state index contributed by atoms with van der Waals surface area (Å²) in [6.07, 6.45) is 2.36. The summed E-state index contributed by atoms with van der Waals surface area (Å²) >= 11 is 3.37. The average Bonchev–Trinajstić information content (AvgIpc) is 2.28. The van der Waals surface area contributed by atoms with E-state index in [0.717, 1.165) is 23.0 Å². The highest BCUT2D eigenvalue weighted by atomic mass is 79.9. The first kappa shape index (κ1) is 13.1. The quantitative estimate of drug-likeness (QED) is 0.598. The van der Waals surface area contributed by atoms with Gasteiger partial charge in [-0.05, 0) is 31.2 Å². The van der Waals surface area contributed by atoms with Crippen molar-refractivity contribution in [3.8, 4) is 5.75 Å². The van der Waals surface area contributed by atoms with Gasteiger partial charge in [0, 0.05) is 16.6 Å². The van der Waals surface area contributed by atoms with Crippen molar-refractivity contribution in [1.82, 2.24) is 5.32 Å². The predicted molar refractivity (Wildman–Crippen MR) is 68.3 cm³/mol. The number of phenolic OH excluding ortho intramolecular Hbond substituents is 1.